The third-order valence-corrected chi connectivity index (χ3v) is 3.82. The first-order chi connectivity index (χ1) is 11.8. The van der Waals surface area contributed by atoms with Crippen molar-refractivity contribution in [1.82, 2.24) is 20.6 Å². The molecule has 0 aliphatic carbocycles. The van der Waals surface area contributed by atoms with Gasteiger partial charge in [-0.05, 0) is 29.8 Å². The van der Waals surface area contributed by atoms with Crippen LogP contribution in [0.15, 0.2) is 18.2 Å². The van der Waals surface area contributed by atoms with Crippen LogP contribution in [0, 0.1) is 0 Å². The summed E-state index contributed by atoms with van der Waals surface area (Å²) in [5, 5.41) is 12.7. The standard InChI is InChI=1S/C14H13F3N6O2/c1-22(13-18-20-21-19-13)12(25)8-5-9(14(15,16)17)7-10(6-8)23-4-2-3-11(23)24/h5-7H,2-4H2,1H3,(H,18,19,20,21). The predicted octanol–water partition coefficient (Wildman–Crippen LogP) is 1.62. The van der Waals surface area contributed by atoms with Gasteiger partial charge in [0.05, 0.1) is 5.56 Å². The Kier molecular flexibility index (Phi) is 4.15. The average molecular weight is 354 g/mol. The normalized spacial score (nSPS) is 14.9. The summed E-state index contributed by atoms with van der Waals surface area (Å²) in [5.41, 5.74) is -1.19. The number of hydrogen-bond acceptors (Lipinski definition) is 5. The Balaban J connectivity index is 2.03. The second-order valence-corrected chi connectivity index (χ2v) is 5.49. The molecule has 11 heteroatoms. The van der Waals surface area contributed by atoms with E-state index < -0.39 is 17.6 Å². The number of tetrazole rings is 1. The molecule has 0 bridgehead atoms. The van der Waals surface area contributed by atoms with Crippen LogP contribution >= 0.6 is 0 Å². The Labute approximate surface area is 139 Å². The Morgan fingerprint density at radius 1 is 1.32 bits per heavy atom. The maximum Gasteiger partial charge on any atom is 0.416 e. The number of H-pyrrole nitrogens is 1. The molecule has 1 saturated heterocycles. The first-order valence-corrected chi connectivity index (χ1v) is 7.31. The summed E-state index contributed by atoms with van der Waals surface area (Å²) in [6, 6.07) is 2.87. The van der Waals surface area contributed by atoms with Crippen LogP contribution in [0.1, 0.15) is 28.8 Å². The van der Waals surface area contributed by atoms with Gasteiger partial charge >= 0.3 is 6.18 Å². The van der Waals surface area contributed by atoms with E-state index in [0.29, 0.717) is 13.0 Å². The van der Waals surface area contributed by atoms with Crippen molar-refractivity contribution in [3.05, 3.63) is 29.3 Å². The number of nitrogens with one attached hydrogen (secondary N) is 1. The summed E-state index contributed by atoms with van der Waals surface area (Å²) in [4.78, 5) is 26.6. The minimum Gasteiger partial charge on any atom is -0.312 e. The van der Waals surface area contributed by atoms with Gasteiger partial charge in [-0.3, -0.25) is 14.5 Å². The number of rotatable bonds is 3. The second kappa shape index (κ2) is 6.15. The molecule has 132 valence electrons. The van der Waals surface area contributed by atoms with Crippen molar-refractivity contribution in [3.63, 3.8) is 0 Å². The van der Waals surface area contributed by atoms with Gasteiger partial charge in [-0.25, -0.2) is 0 Å². The molecule has 1 N–H and O–H groups in total. The first-order valence-electron chi connectivity index (χ1n) is 7.31. The first kappa shape index (κ1) is 16.9. The molecule has 0 unspecified atom stereocenters. The molecule has 3 rings (SSSR count). The lowest BCUT2D eigenvalue weighted by atomic mass is 10.1. The van der Waals surface area contributed by atoms with E-state index in [1.807, 2.05) is 0 Å². The molecule has 8 nitrogen and oxygen atoms in total. The van der Waals surface area contributed by atoms with Crippen molar-refractivity contribution < 1.29 is 22.8 Å². The summed E-state index contributed by atoms with van der Waals surface area (Å²) in [5.74, 6) is -1.11. The number of carbonyl (C=O) groups excluding carboxylic acids is 2. The van der Waals surface area contributed by atoms with Gasteiger partial charge in [-0.15, -0.1) is 5.10 Å². The Morgan fingerprint density at radius 3 is 2.64 bits per heavy atom. The molecule has 0 spiro atoms. The van der Waals surface area contributed by atoms with Gasteiger partial charge < -0.3 is 4.90 Å². The molecule has 0 saturated carbocycles. The topological polar surface area (TPSA) is 95.1 Å². The monoisotopic (exact) mass is 354 g/mol. The molecule has 0 radical (unpaired) electrons. The zero-order valence-electron chi connectivity index (χ0n) is 13.0. The molecule has 1 fully saturated rings. The number of nitrogens with zero attached hydrogens (tertiary/aromatic N) is 5. The van der Waals surface area contributed by atoms with Crippen molar-refractivity contribution in [2.45, 2.75) is 19.0 Å². The van der Waals surface area contributed by atoms with Crippen LogP contribution in [0.2, 0.25) is 0 Å². The average Bonchev–Trinajstić information content (AvgIpc) is 3.23. The molecule has 1 aromatic carbocycles. The van der Waals surface area contributed by atoms with Gasteiger partial charge in [0, 0.05) is 31.3 Å². The van der Waals surface area contributed by atoms with Crippen molar-refractivity contribution in [2.24, 2.45) is 0 Å². The van der Waals surface area contributed by atoms with Crippen LogP contribution in [-0.4, -0.2) is 46.0 Å². The number of hydrogen-bond donors (Lipinski definition) is 1. The highest BCUT2D eigenvalue weighted by Gasteiger charge is 2.34. The minimum atomic E-state index is -4.65. The number of aromatic amines is 1. The minimum absolute atomic E-state index is 0.0437. The molecule has 1 aliphatic rings. The van der Waals surface area contributed by atoms with E-state index in [2.05, 4.69) is 20.6 Å². The van der Waals surface area contributed by atoms with E-state index in [-0.39, 0.29) is 29.5 Å². The summed E-state index contributed by atoms with van der Waals surface area (Å²) >= 11 is 0. The fourth-order valence-corrected chi connectivity index (χ4v) is 2.56. The van der Waals surface area contributed by atoms with Crippen LogP contribution in [0.25, 0.3) is 0 Å². The summed E-state index contributed by atoms with van der Waals surface area (Å²) < 4.78 is 39.6. The van der Waals surface area contributed by atoms with E-state index in [0.717, 1.165) is 17.0 Å². The largest absolute Gasteiger partial charge is 0.416 e. The van der Waals surface area contributed by atoms with E-state index in [1.54, 1.807) is 0 Å². The lowest BCUT2D eigenvalue weighted by Gasteiger charge is -2.20. The molecule has 2 amide bonds. The Hall–Kier alpha value is -2.98. The Morgan fingerprint density at radius 2 is 2.08 bits per heavy atom. The van der Waals surface area contributed by atoms with Crippen molar-refractivity contribution in [3.8, 4) is 0 Å². The number of benzene rings is 1. The predicted molar refractivity (Wildman–Crippen MR) is 79.9 cm³/mol. The fourth-order valence-electron chi connectivity index (χ4n) is 2.56. The van der Waals surface area contributed by atoms with Gasteiger partial charge in [0.2, 0.25) is 5.91 Å². The number of aromatic nitrogens is 4. The highest BCUT2D eigenvalue weighted by molar-refractivity contribution is 6.06. The number of halogens is 3. The number of carbonyl (C=O) groups is 2. The van der Waals surface area contributed by atoms with Gasteiger partial charge in [0.15, 0.2) is 0 Å². The lowest BCUT2D eigenvalue weighted by Crippen LogP contribution is -2.29. The van der Waals surface area contributed by atoms with Crippen LogP contribution in [-0.2, 0) is 11.0 Å². The highest BCUT2D eigenvalue weighted by atomic mass is 19.4. The molecular formula is C14H13F3N6O2. The smallest absolute Gasteiger partial charge is 0.312 e. The molecule has 1 aromatic heterocycles. The van der Waals surface area contributed by atoms with Crippen molar-refractivity contribution >= 4 is 23.5 Å². The zero-order valence-corrected chi connectivity index (χ0v) is 13.0. The maximum absolute atomic E-state index is 13.2. The van der Waals surface area contributed by atoms with Gasteiger partial charge in [-0.1, -0.05) is 5.10 Å². The van der Waals surface area contributed by atoms with Crippen molar-refractivity contribution in [2.75, 3.05) is 23.4 Å². The van der Waals surface area contributed by atoms with Gasteiger partial charge in [0.1, 0.15) is 0 Å². The maximum atomic E-state index is 13.2. The van der Waals surface area contributed by atoms with E-state index >= 15 is 0 Å². The SMILES string of the molecule is CN(C(=O)c1cc(N2CCCC2=O)cc(C(F)(F)F)c1)c1nn[nH]n1. The molecule has 25 heavy (non-hydrogen) atoms. The van der Waals surface area contributed by atoms with E-state index in [9.17, 15) is 22.8 Å². The summed E-state index contributed by atoms with van der Waals surface area (Å²) in [7, 11) is 1.31. The summed E-state index contributed by atoms with van der Waals surface area (Å²) in [6.45, 7) is 0.314. The van der Waals surface area contributed by atoms with Crippen LogP contribution in [0.5, 0.6) is 0 Å². The van der Waals surface area contributed by atoms with E-state index in [1.165, 1.54) is 18.0 Å². The molecule has 1 aliphatic heterocycles. The molecular weight excluding hydrogens is 341 g/mol. The Bertz CT molecular complexity index is 805. The van der Waals surface area contributed by atoms with Gasteiger partial charge in [0.25, 0.3) is 11.9 Å². The second-order valence-electron chi connectivity index (χ2n) is 5.49. The number of anilines is 2. The third kappa shape index (κ3) is 3.30. The molecule has 2 heterocycles. The quantitative estimate of drug-likeness (QED) is 0.904. The van der Waals surface area contributed by atoms with Crippen molar-refractivity contribution in [1.29, 1.82) is 0 Å². The van der Waals surface area contributed by atoms with Crippen LogP contribution < -0.4 is 9.80 Å². The van der Waals surface area contributed by atoms with Crippen LogP contribution in [0.4, 0.5) is 24.8 Å². The van der Waals surface area contributed by atoms with Gasteiger partial charge in [-0.2, -0.15) is 18.4 Å². The summed E-state index contributed by atoms with van der Waals surface area (Å²) in [6.07, 6.45) is -3.83. The van der Waals surface area contributed by atoms with Crippen LogP contribution in [0.3, 0.4) is 0 Å². The molecule has 2 aromatic rings. The third-order valence-electron chi connectivity index (χ3n) is 3.82. The zero-order chi connectivity index (χ0) is 18.2. The highest BCUT2D eigenvalue weighted by Crippen LogP contribution is 2.34. The fraction of sp³-hybridized carbons (Fsp3) is 0.357. The lowest BCUT2D eigenvalue weighted by molar-refractivity contribution is -0.137. The van der Waals surface area contributed by atoms with E-state index in [4.69, 9.17) is 0 Å². The number of alkyl halides is 3. The molecule has 0 atom stereocenters. The number of amides is 2.